The molecule has 0 unspecified atom stereocenters. The number of thiazole rings is 1. The summed E-state index contributed by atoms with van der Waals surface area (Å²) in [5.41, 5.74) is 6.64. The van der Waals surface area contributed by atoms with Crippen LogP contribution in [0.1, 0.15) is 35.2 Å². The third-order valence-corrected chi connectivity index (χ3v) is 4.02. The third-order valence-electron chi connectivity index (χ3n) is 2.93. The summed E-state index contributed by atoms with van der Waals surface area (Å²) in [5, 5.41) is 8.29. The van der Waals surface area contributed by atoms with Gasteiger partial charge in [-0.3, -0.25) is 5.41 Å². The lowest BCUT2D eigenvalue weighted by Gasteiger charge is -2.13. The number of nitrogens with one attached hydrogen (secondary N) is 1. The van der Waals surface area contributed by atoms with E-state index < -0.39 is 0 Å². The molecule has 1 aromatic heterocycles. The first-order valence-corrected chi connectivity index (χ1v) is 7.40. The van der Waals surface area contributed by atoms with E-state index >= 15 is 0 Å². The Hall–Kier alpha value is -1.88. The molecule has 0 bridgehead atoms. The molecule has 5 heteroatoms. The Balaban J connectivity index is 1.94. The first kappa shape index (κ1) is 14.5. The minimum absolute atomic E-state index is 0.0693. The number of aromatic nitrogens is 1. The molecule has 4 nitrogen and oxygen atoms in total. The summed E-state index contributed by atoms with van der Waals surface area (Å²) >= 11 is 1.45. The number of benzene rings is 1. The predicted molar refractivity (Wildman–Crippen MR) is 82.9 cm³/mol. The van der Waals surface area contributed by atoms with Crippen LogP contribution in [0.15, 0.2) is 30.5 Å². The second-order valence-corrected chi connectivity index (χ2v) is 5.94. The third kappa shape index (κ3) is 3.57. The second kappa shape index (κ2) is 6.52. The van der Waals surface area contributed by atoms with Crippen molar-refractivity contribution in [1.29, 1.82) is 5.41 Å². The molecule has 0 fully saturated rings. The van der Waals surface area contributed by atoms with Gasteiger partial charge in [0.15, 0.2) is 0 Å². The fraction of sp³-hybridized carbons (Fsp3) is 0.333. The molecule has 0 atom stereocenters. The summed E-state index contributed by atoms with van der Waals surface area (Å²) in [7, 11) is 0. The smallest absolute Gasteiger partial charge is 0.134 e. The summed E-state index contributed by atoms with van der Waals surface area (Å²) in [6, 6.07) is 8.11. The Bertz CT molecular complexity index is 592. The molecule has 0 saturated carbocycles. The molecule has 1 heterocycles. The van der Waals surface area contributed by atoms with Crippen LogP contribution in [0.25, 0.3) is 0 Å². The number of amidine groups is 1. The molecule has 0 saturated heterocycles. The fourth-order valence-electron chi connectivity index (χ4n) is 1.89. The number of hydrogen-bond donors (Lipinski definition) is 2. The van der Waals surface area contributed by atoms with E-state index in [1.54, 1.807) is 6.20 Å². The van der Waals surface area contributed by atoms with Gasteiger partial charge in [-0.05, 0) is 17.5 Å². The summed E-state index contributed by atoms with van der Waals surface area (Å²) in [5.74, 6) is 1.45. The summed E-state index contributed by atoms with van der Waals surface area (Å²) in [6.45, 7) is 4.89. The highest BCUT2D eigenvalue weighted by atomic mass is 32.1. The largest absolute Gasteiger partial charge is 0.493 e. The molecular weight excluding hydrogens is 270 g/mol. The summed E-state index contributed by atoms with van der Waals surface area (Å²) in [4.78, 5) is 4.95. The van der Waals surface area contributed by atoms with Crippen molar-refractivity contribution in [3.8, 4) is 5.75 Å². The molecule has 20 heavy (non-hydrogen) atoms. The first-order valence-electron chi connectivity index (χ1n) is 6.58. The first-order chi connectivity index (χ1) is 9.58. The van der Waals surface area contributed by atoms with Gasteiger partial charge in [0, 0.05) is 12.6 Å². The van der Waals surface area contributed by atoms with Gasteiger partial charge < -0.3 is 10.5 Å². The van der Waals surface area contributed by atoms with Crippen molar-refractivity contribution in [2.75, 3.05) is 6.61 Å². The van der Waals surface area contributed by atoms with Gasteiger partial charge in [0.25, 0.3) is 0 Å². The van der Waals surface area contributed by atoms with Gasteiger partial charge in [-0.15, -0.1) is 11.3 Å². The molecule has 2 aromatic rings. The SMILES string of the molecule is CC(C)c1ccccc1OCCc1ncc(C(=N)N)s1. The van der Waals surface area contributed by atoms with E-state index in [1.807, 2.05) is 18.2 Å². The maximum absolute atomic E-state index is 7.35. The predicted octanol–water partition coefficient (Wildman–Crippen LogP) is 3.17. The standard InChI is InChI=1S/C15H19N3OS/c1-10(2)11-5-3-4-6-12(11)19-8-7-14-18-9-13(20-14)15(16)17/h3-6,9-10H,7-8H2,1-2H3,(H3,16,17). The van der Waals surface area contributed by atoms with Crippen LogP contribution in [0.4, 0.5) is 0 Å². The molecule has 0 aliphatic carbocycles. The van der Waals surface area contributed by atoms with Crippen LogP contribution in [-0.2, 0) is 6.42 Å². The highest BCUT2D eigenvalue weighted by Gasteiger charge is 2.08. The zero-order chi connectivity index (χ0) is 14.5. The summed E-state index contributed by atoms with van der Waals surface area (Å²) in [6.07, 6.45) is 2.37. The van der Waals surface area contributed by atoms with Crippen LogP contribution in [-0.4, -0.2) is 17.4 Å². The fourth-order valence-corrected chi connectivity index (χ4v) is 2.65. The number of hydrogen-bond acceptors (Lipinski definition) is 4. The number of nitrogens with zero attached hydrogens (tertiary/aromatic N) is 1. The Labute approximate surface area is 123 Å². The van der Waals surface area contributed by atoms with Gasteiger partial charge >= 0.3 is 0 Å². The molecule has 2 rings (SSSR count). The quantitative estimate of drug-likeness (QED) is 0.633. The number of para-hydroxylation sites is 1. The van der Waals surface area contributed by atoms with Crippen LogP contribution < -0.4 is 10.5 Å². The Morgan fingerprint density at radius 1 is 1.40 bits per heavy atom. The highest BCUT2D eigenvalue weighted by Crippen LogP contribution is 2.26. The van der Waals surface area contributed by atoms with Crippen LogP contribution in [0.3, 0.4) is 0 Å². The van der Waals surface area contributed by atoms with E-state index in [9.17, 15) is 0 Å². The lowest BCUT2D eigenvalue weighted by Crippen LogP contribution is -2.08. The van der Waals surface area contributed by atoms with Crippen molar-refractivity contribution < 1.29 is 4.74 Å². The molecule has 0 amide bonds. The van der Waals surface area contributed by atoms with Crippen molar-refractivity contribution >= 4 is 17.2 Å². The molecule has 0 spiro atoms. The lowest BCUT2D eigenvalue weighted by atomic mass is 10.0. The molecule has 1 aromatic carbocycles. The topological polar surface area (TPSA) is 72.0 Å². The Morgan fingerprint density at radius 2 is 2.15 bits per heavy atom. The molecule has 3 N–H and O–H groups in total. The van der Waals surface area contributed by atoms with Crippen molar-refractivity contribution in [3.05, 3.63) is 45.9 Å². The van der Waals surface area contributed by atoms with Crippen LogP contribution >= 0.6 is 11.3 Å². The number of nitrogens with two attached hydrogens (primary N) is 1. The van der Waals surface area contributed by atoms with Gasteiger partial charge in [0.1, 0.15) is 11.6 Å². The highest BCUT2D eigenvalue weighted by molar-refractivity contribution is 7.13. The second-order valence-electron chi connectivity index (χ2n) is 4.82. The van der Waals surface area contributed by atoms with Crippen molar-refractivity contribution in [3.63, 3.8) is 0 Å². The van der Waals surface area contributed by atoms with E-state index in [1.165, 1.54) is 16.9 Å². The van der Waals surface area contributed by atoms with Crippen molar-refractivity contribution in [2.24, 2.45) is 5.73 Å². The lowest BCUT2D eigenvalue weighted by molar-refractivity contribution is 0.317. The molecule has 0 aliphatic heterocycles. The zero-order valence-electron chi connectivity index (χ0n) is 11.7. The molecular formula is C15H19N3OS. The maximum Gasteiger partial charge on any atom is 0.134 e. The van der Waals surface area contributed by atoms with Gasteiger partial charge in [0.05, 0.1) is 16.5 Å². The number of rotatable bonds is 6. The van der Waals surface area contributed by atoms with E-state index in [0.717, 1.165) is 17.2 Å². The van der Waals surface area contributed by atoms with Crippen molar-refractivity contribution in [1.82, 2.24) is 4.98 Å². The van der Waals surface area contributed by atoms with E-state index in [2.05, 4.69) is 24.9 Å². The normalized spacial score (nSPS) is 10.8. The minimum atomic E-state index is 0.0693. The molecule has 0 aliphatic rings. The van der Waals surface area contributed by atoms with E-state index in [0.29, 0.717) is 17.4 Å². The van der Waals surface area contributed by atoms with Gasteiger partial charge in [-0.25, -0.2) is 4.98 Å². The summed E-state index contributed by atoms with van der Waals surface area (Å²) < 4.78 is 5.85. The average Bonchev–Trinajstić information content (AvgIpc) is 2.88. The van der Waals surface area contributed by atoms with Gasteiger partial charge in [0.2, 0.25) is 0 Å². The average molecular weight is 289 g/mol. The van der Waals surface area contributed by atoms with Crippen LogP contribution in [0.5, 0.6) is 5.75 Å². The minimum Gasteiger partial charge on any atom is -0.493 e. The van der Waals surface area contributed by atoms with Crippen LogP contribution in [0.2, 0.25) is 0 Å². The Kier molecular flexibility index (Phi) is 4.74. The monoisotopic (exact) mass is 289 g/mol. The van der Waals surface area contributed by atoms with Crippen LogP contribution in [0, 0.1) is 5.41 Å². The molecule has 0 radical (unpaired) electrons. The molecule has 106 valence electrons. The van der Waals surface area contributed by atoms with Gasteiger partial charge in [-0.1, -0.05) is 32.0 Å². The van der Waals surface area contributed by atoms with E-state index in [4.69, 9.17) is 15.9 Å². The van der Waals surface area contributed by atoms with E-state index in [-0.39, 0.29) is 5.84 Å². The number of ether oxygens (including phenoxy) is 1. The Morgan fingerprint density at radius 3 is 2.80 bits per heavy atom. The van der Waals surface area contributed by atoms with Crippen molar-refractivity contribution in [2.45, 2.75) is 26.2 Å². The maximum atomic E-state index is 7.35. The van der Waals surface area contributed by atoms with Gasteiger partial charge in [-0.2, -0.15) is 0 Å². The zero-order valence-corrected chi connectivity index (χ0v) is 12.5. The number of nitrogen functional groups attached to an aromatic ring is 1.